The van der Waals surface area contributed by atoms with Crippen molar-refractivity contribution in [2.24, 2.45) is 0 Å². The minimum atomic E-state index is 0.186. The number of halogens is 1. The van der Waals surface area contributed by atoms with E-state index in [4.69, 9.17) is 31.7 Å². The van der Waals surface area contributed by atoms with Crippen LogP contribution in [0.25, 0.3) is 11.4 Å². The van der Waals surface area contributed by atoms with Crippen molar-refractivity contribution in [1.82, 2.24) is 14.9 Å². The number of aromatic nitrogens is 3. The maximum Gasteiger partial charge on any atom is 0.231 e. The lowest BCUT2D eigenvalue weighted by atomic mass is 10.2. The highest BCUT2D eigenvalue weighted by Gasteiger charge is 2.19. The predicted molar refractivity (Wildman–Crippen MR) is 99.3 cm³/mol. The highest BCUT2D eigenvalue weighted by atomic mass is 35.5. The van der Waals surface area contributed by atoms with Gasteiger partial charge >= 0.3 is 0 Å². The second-order valence-electron chi connectivity index (χ2n) is 5.48. The van der Waals surface area contributed by atoms with Gasteiger partial charge in [0.25, 0.3) is 0 Å². The molecule has 0 aliphatic carbocycles. The second-order valence-corrected chi connectivity index (χ2v) is 6.83. The van der Waals surface area contributed by atoms with Crippen LogP contribution in [0.2, 0.25) is 5.02 Å². The van der Waals surface area contributed by atoms with E-state index in [1.165, 1.54) is 16.4 Å². The lowest BCUT2D eigenvalue weighted by Gasteiger charge is -2.08. The summed E-state index contributed by atoms with van der Waals surface area (Å²) in [7, 11) is 1.61. The number of rotatable bonds is 5. The van der Waals surface area contributed by atoms with Crippen molar-refractivity contribution in [3.05, 3.63) is 47.0 Å². The maximum absolute atomic E-state index is 6.22. The monoisotopic (exact) mass is 390 g/mol. The zero-order valence-electron chi connectivity index (χ0n) is 13.8. The number of nitrogens with two attached hydrogens (primary N) is 1. The van der Waals surface area contributed by atoms with Crippen LogP contribution in [0.15, 0.2) is 41.6 Å². The van der Waals surface area contributed by atoms with Gasteiger partial charge in [-0.25, -0.2) is 4.68 Å². The van der Waals surface area contributed by atoms with E-state index in [0.717, 1.165) is 11.1 Å². The Bertz CT molecular complexity index is 963. The Morgan fingerprint density at radius 1 is 1.27 bits per heavy atom. The Balaban J connectivity index is 1.55. The summed E-state index contributed by atoms with van der Waals surface area (Å²) in [5, 5.41) is 9.49. The number of ether oxygens (including phenoxy) is 3. The first-order valence-corrected chi connectivity index (χ1v) is 9.08. The van der Waals surface area contributed by atoms with Gasteiger partial charge in [-0.05, 0) is 29.8 Å². The molecular formula is C17H15ClN4O3S. The second kappa shape index (κ2) is 6.97. The normalized spacial score (nSPS) is 12.4. The molecule has 0 bridgehead atoms. The standard InChI is InChI=1S/C17H15ClN4O3S/c1-23-13-5-3-2-4-11(13)16-20-21-17(22(16)19)26-8-10-6-12(18)15-14(7-10)24-9-25-15/h2-7H,8-9,19H2,1H3. The zero-order chi connectivity index (χ0) is 18.1. The van der Waals surface area contributed by atoms with Crippen LogP contribution >= 0.6 is 23.4 Å². The van der Waals surface area contributed by atoms with Crippen LogP contribution in [-0.2, 0) is 5.75 Å². The quantitative estimate of drug-likeness (QED) is 0.528. The summed E-state index contributed by atoms with van der Waals surface area (Å²) in [4.78, 5) is 0. The molecule has 2 N–H and O–H groups in total. The number of thioether (sulfide) groups is 1. The Morgan fingerprint density at radius 2 is 2.12 bits per heavy atom. The summed E-state index contributed by atoms with van der Waals surface area (Å²) < 4.78 is 17.5. The molecule has 1 aliphatic rings. The molecule has 9 heteroatoms. The van der Waals surface area contributed by atoms with Crippen LogP contribution in [0.4, 0.5) is 0 Å². The molecule has 0 fully saturated rings. The first kappa shape index (κ1) is 16.9. The minimum Gasteiger partial charge on any atom is -0.496 e. The van der Waals surface area contributed by atoms with Crippen molar-refractivity contribution in [2.75, 3.05) is 19.7 Å². The first-order valence-electron chi connectivity index (χ1n) is 7.72. The maximum atomic E-state index is 6.22. The number of methoxy groups -OCH3 is 1. The third-order valence-electron chi connectivity index (χ3n) is 3.87. The molecule has 134 valence electrons. The molecular weight excluding hydrogens is 376 g/mol. The summed E-state index contributed by atoms with van der Waals surface area (Å²) in [5.41, 5.74) is 1.76. The molecule has 7 nitrogen and oxygen atoms in total. The Morgan fingerprint density at radius 3 is 2.96 bits per heavy atom. The number of benzene rings is 2. The zero-order valence-corrected chi connectivity index (χ0v) is 15.4. The van der Waals surface area contributed by atoms with Crippen LogP contribution < -0.4 is 20.1 Å². The SMILES string of the molecule is COc1ccccc1-c1nnc(SCc2cc(Cl)c3c(c2)OCO3)n1N. The summed E-state index contributed by atoms with van der Waals surface area (Å²) >= 11 is 7.67. The van der Waals surface area contributed by atoms with Gasteiger partial charge < -0.3 is 20.1 Å². The van der Waals surface area contributed by atoms with Crippen molar-refractivity contribution >= 4 is 23.4 Å². The molecule has 4 rings (SSSR count). The molecule has 0 radical (unpaired) electrons. The summed E-state index contributed by atoms with van der Waals surface area (Å²) in [6.45, 7) is 0.186. The van der Waals surface area contributed by atoms with Gasteiger partial charge in [0.1, 0.15) is 5.75 Å². The molecule has 0 saturated carbocycles. The third kappa shape index (κ3) is 3.02. The van der Waals surface area contributed by atoms with E-state index in [-0.39, 0.29) is 6.79 Å². The van der Waals surface area contributed by atoms with Gasteiger partial charge in [0.15, 0.2) is 17.3 Å². The van der Waals surface area contributed by atoms with E-state index in [1.54, 1.807) is 7.11 Å². The van der Waals surface area contributed by atoms with Gasteiger partial charge in [-0.1, -0.05) is 35.5 Å². The number of hydrogen-bond acceptors (Lipinski definition) is 7. The molecule has 0 saturated heterocycles. The van der Waals surface area contributed by atoms with E-state index in [9.17, 15) is 0 Å². The minimum absolute atomic E-state index is 0.186. The van der Waals surface area contributed by atoms with Crippen molar-refractivity contribution in [2.45, 2.75) is 10.9 Å². The van der Waals surface area contributed by atoms with E-state index in [0.29, 0.717) is 39.0 Å². The number of nitrogens with zero attached hydrogens (tertiary/aromatic N) is 3. The van der Waals surface area contributed by atoms with E-state index < -0.39 is 0 Å². The van der Waals surface area contributed by atoms with Crippen LogP contribution in [-0.4, -0.2) is 28.8 Å². The van der Waals surface area contributed by atoms with E-state index in [1.807, 2.05) is 36.4 Å². The van der Waals surface area contributed by atoms with Gasteiger partial charge in [-0.15, -0.1) is 10.2 Å². The van der Waals surface area contributed by atoms with Crippen LogP contribution in [0.3, 0.4) is 0 Å². The molecule has 2 aromatic carbocycles. The van der Waals surface area contributed by atoms with Gasteiger partial charge in [0.2, 0.25) is 11.9 Å². The lowest BCUT2D eigenvalue weighted by molar-refractivity contribution is 0.174. The van der Waals surface area contributed by atoms with Crippen molar-refractivity contribution in [3.8, 4) is 28.6 Å². The molecule has 2 heterocycles. The summed E-state index contributed by atoms with van der Waals surface area (Å²) in [5.74, 6) is 9.25. The molecule has 1 aliphatic heterocycles. The average Bonchev–Trinajstić information content (AvgIpc) is 3.27. The Kier molecular flexibility index (Phi) is 4.52. The Hall–Kier alpha value is -2.58. The predicted octanol–water partition coefficient (Wildman–Crippen LogP) is 3.34. The highest BCUT2D eigenvalue weighted by molar-refractivity contribution is 7.98. The van der Waals surface area contributed by atoms with Gasteiger partial charge in [0, 0.05) is 5.75 Å². The van der Waals surface area contributed by atoms with Gasteiger partial charge in [-0.2, -0.15) is 0 Å². The number of fused-ring (bicyclic) bond motifs is 1. The molecule has 0 amide bonds. The molecule has 1 aromatic heterocycles. The fourth-order valence-electron chi connectivity index (χ4n) is 2.64. The summed E-state index contributed by atoms with van der Waals surface area (Å²) in [6.07, 6.45) is 0. The topological polar surface area (TPSA) is 84.4 Å². The number of nitrogen functional groups attached to an aromatic ring is 1. The molecule has 0 unspecified atom stereocenters. The fraction of sp³-hybridized carbons (Fsp3) is 0.176. The summed E-state index contributed by atoms with van der Waals surface area (Å²) in [6, 6.07) is 11.3. The lowest BCUT2D eigenvalue weighted by Crippen LogP contribution is -2.12. The molecule has 0 atom stereocenters. The van der Waals surface area contributed by atoms with Crippen molar-refractivity contribution < 1.29 is 14.2 Å². The smallest absolute Gasteiger partial charge is 0.231 e. The first-order chi connectivity index (χ1) is 12.7. The Labute approximate surface area is 159 Å². The van der Waals surface area contributed by atoms with Crippen LogP contribution in [0, 0.1) is 0 Å². The van der Waals surface area contributed by atoms with Crippen LogP contribution in [0.1, 0.15) is 5.56 Å². The number of para-hydroxylation sites is 1. The fourth-order valence-corrected chi connectivity index (χ4v) is 3.71. The molecule has 3 aromatic rings. The largest absolute Gasteiger partial charge is 0.496 e. The van der Waals surface area contributed by atoms with E-state index in [2.05, 4.69) is 10.2 Å². The molecule has 0 spiro atoms. The van der Waals surface area contributed by atoms with Gasteiger partial charge in [0.05, 0.1) is 17.7 Å². The third-order valence-corrected chi connectivity index (χ3v) is 5.16. The van der Waals surface area contributed by atoms with Crippen molar-refractivity contribution in [1.29, 1.82) is 0 Å². The average molecular weight is 391 g/mol. The van der Waals surface area contributed by atoms with E-state index >= 15 is 0 Å². The number of hydrogen-bond donors (Lipinski definition) is 1. The molecule has 26 heavy (non-hydrogen) atoms. The van der Waals surface area contributed by atoms with Crippen LogP contribution in [0.5, 0.6) is 17.2 Å². The van der Waals surface area contributed by atoms with Gasteiger partial charge in [-0.3, -0.25) is 0 Å². The highest BCUT2D eigenvalue weighted by Crippen LogP contribution is 2.41. The van der Waals surface area contributed by atoms with Crippen molar-refractivity contribution in [3.63, 3.8) is 0 Å².